The van der Waals surface area contributed by atoms with Crippen molar-refractivity contribution >= 4 is 25.3 Å². The molecule has 0 aliphatic heterocycles. The first-order valence-corrected chi connectivity index (χ1v) is 5.75. The summed E-state index contributed by atoms with van der Waals surface area (Å²) < 4.78 is 8.48. The quantitative estimate of drug-likeness (QED) is 0.188. The summed E-state index contributed by atoms with van der Waals surface area (Å²) in [7, 11) is -3.37. The third-order valence-electron chi connectivity index (χ3n) is 1.17. The van der Waals surface area contributed by atoms with E-state index in [9.17, 15) is 0 Å². The Bertz CT molecular complexity index is 330. The van der Waals surface area contributed by atoms with Gasteiger partial charge in [0.15, 0.2) is 0 Å². The number of nitrogens with two attached hydrogens (primary N) is 3. The van der Waals surface area contributed by atoms with Gasteiger partial charge in [0.2, 0.25) is 0 Å². The molecular weight excluding hydrogens is 311 g/mol. The minimum atomic E-state index is -3.37. The molecule has 0 aliphatic rings. The zero-order valence-corrected chi connectivity index (χ0v) is 17.8. The maximum atomic E-state index is 8.48. The van der Waals surface area contributed by atoms with E-state index < -0.39 is 8.25 Å². The van der Waals surface area contributed by atoms with E-state index in [0.717, 1.165) is 0 Å². The summed E-state index contributed by atoms with van der Waals surface area (Å²) in [5, 5.41) is 0. The largest absolute Gasteiger partial charge is 1.00 e. The van der Waals surface area contributed by atoms with Crippen LogP contribution in [-0.2, 0) is 4.57 Å². The first kappa shape index (κ1) is 37.3. The molecule has 0 fully saturated rings. The Morgan fingerprint density at radius 1 is 0.810 bits per heavy atom. The van der Waals surface area contributed by atoms with Gasteiger partial charge in [0.25, 0.3) is 8.25 Å². The Labute approximate surface area is 172 Å². The van der Waals surface area contributed by atoms with Crippen LogP contribution in [0.4, 0.5) is 17.1 Å². The summed E-state index contributed by atoms with van der Waals surface area (Å²) in [5.74, 6) is 0. The first-order chi connectivity index (χ1) is 8.95. The fraction of sp³-hybridized carbons (Fsp3) is 0. The van der Waals surface area contributed by atoms with Gasteiger partial charge in [-0.25, -0.2) is 0 Å². The van der Waals surface area contributed by atoms with E-state index in [2.05, 4.69) is 39.5 Å². The number of anilines is 3. The van der Waals surface area contributed by atoms with Crippen LogP contribution < -0.4 is 86.1 Å². The van der Waals surface area contributed by atoms with Crippen molar-refractivity contribution in [2.75, 3.05) is 17.2 Å². The molecule has 0 unspecified atom stereocenters. The molecule has 0 aliphatic carbocycles. The minimum Gasteiger partial charge on any atom is -0.598 e. The van der Waals surface area contributed by atoms with Gasteiger partial charge in [-0.05, 0) is 12.1 Å². The predicted octanol–water partition coefficient (Wildman–Crippen LogP) is -4.79. The maximum absolute atomic E-state index is 8.48. The first-order valence-electron chi connectivity index (χ1n) is 4.66. The van der Waals surface area contributed by atoms with E-state index in [4.69, 9.17) is 31.6 Å². The summed E-state index contributed by atoms with van der Waals surface area (Å²) in [6, 6.07) is 5.19. The monoisotopic (exact) mass is 332 g/mol. The van der Waals surface area contributed by atoms with E-state index in [-0.39, 0.29) is 59.1 Å². The van der Waals surface area contributed by atoms with Crippen molar-refractivity contribution < 1.29 is 73.5 Å². The molecule has 1 aromatic carbocycles. The fourth-order valence-corrected chi connectivity index (χ4v) is 0.602. The molecule has 6 N–H and O–H groups in total. The van der Waals surface area contributed by atoms with Crippen LogP contribution in [0.2, 0.25) is 0 Å². The van der Waals surface area contributed by atoms with E-state index in [1.165, 1.54) is 0 Å². The number of para-hydroxylation sites is 1. The van der Waals surface area contributed by atoms with Gasteiger partial charge in [-0.2, -0.15) is 0 Å². The zero-order valence-electron chi connectivity index (χ0n) is 12.9. The molecule has 108 valence electrons. The van der Waals surface area contributed by atoms with Crippen molar-refractivity contribution in [2.45, 2.75) is 0 Å². The second kappa shape index (κ2) is 32.0. The van der Waals surface area contributed by atoms with Crippen LogP contribution in [0.15, 0.2) is 57.7 Å². The molecule has 1 aromatic rings. The summed E-state index contributed by atoms with van der Waals surface area (Å²) in [6.45, 7) is 18.0. The molecular formula is C12H21N3Na2O3P+. The average Bonchev–Trinajstić information content (AvgIpc) is 2.42. The Balaban J connectivity index is -0.0000000407. The van der Waals surface area contributed by atoms with Gasteiger partial charge in [-0.1, -0.05) is 10.6 Å². The van der Waals surface area contributed by atoms with Crippen LogP contribution in [0.5, 0.6) is 0 Å². The van der Waals surface area contributed by atoms with Crippen molar-refractivity contribution in [1.29, 1.82) is 0 Å². The molecule has 9 heteroatoms. The third-order valence-corrected chi connectivity index (χ3v) is 1.17. The van der Waals surface area contributed by atoms with E-state index in [1.54, 1.807) is 18.2 Å². The van der Waals surface area contributed by atoms with Crippen molar-refractivity contribution in [3.63, 3.8) is 0 Å². The number of nitrogen functional groups attached to an aromatic ring is 3. The number of rotatable bonds is 0. The Kier molecular flexibility index (Phi) is 56.8. The third kappa shape index (κ3) is 33.0. The van der Waals surface area contributed by atoms with Gasteiger partial charge >= 0.3 is 59.1 Å². The van der Waals surface area contributed by atoms with Crippen LogP contribution in [0.3, 0.4) is 0 Å². The summed E-state index contributed by atoms with van der Waals surface area (Å²) in [5.41, 5.74) is 17.8. The topological polar surface area (TPSA) is 141 Å². The second-order valence-corrected chi connectivity index (χ2v) is 2.52. The van der Waals surface area contributed by atoms with Crippen molar-refractivity contribution in [3.05, 3.63) is 57.7 Å². The van der Waals surface area contributed by atoms with Gasteiger partial charge in [0, 0.05) is 0 Å². The smallest absolute Gasteiger partial charge is 0.598 e. The predicted molar refractivity (Wildman–Crippen MR) is 81.0 cm³/mol. The normalized spacial score (nSPS) is 5.81. The molecule has 0 radical (unpaired) electrons. The van der Waals surface area contributed by atoms with Gasteiger partial charge in [0.05, 0.1) is 17.1 Å². The molecule has 0 aromatic heterocycles. The summed E-state index contributed by atoms with van der Waals surface area (Å²) in [6.07, 6.45) is 0. The molecule has 0 saturated carbocycles. The van der Waals surface area contributed by atoms with Crippen LogP contribution >= 0.6 is 8.25 Å². The average molecular weight is 332 g/mol. The molecule has 0 spiro atoms. The van der Waals surface area contributed by atoms with Gasteiger partial charge in [-0.15, -0.1) is 39.5 Å². The molecule has 0 bridgehead atoms. The Hall–Kier alpha value is -0.140. The number of hydrogen-bond donors (Lipinski definition) is 3. The molecule has 0 heterocycles. The number of benzene rings is 1. The SMILES string of the molecule is C=C.C=C.C=C.Nc1cccc(N)c1N.O=[P+]([O-])[O-].[Na+].[Na+]. The second-order valence-electron chi connectivity index (χ2n) is 2.07. The van der Waals surface area contributed by atoms with Crippen LogP contribution in [-0.4, -0.2) is 0 Å². The Morgan fingerprint density at radius 2 is 1.00 bits per heavy atom. The van der Waals surface area contributed by atoms with Crippen LogP contribution in [0, 0.1) is 0 Å². The van der Waals surface area contributed by atoms with E-state index in [0.29, 0.717) is 17.1 Å². The molecule has 6 nitrogen and oxygen atoms in total. The minimum absolute atomic E-state index is 0. The molecule has 1 rings (SSSR count). The van der Waals surface area contributed by atoms with Gasteiger partial charge in [0.1, 0.15) is 0 Å². The molecule has 0 saturated heterocycles. The number of hydrogen-bond acceptors (Lipinski definition) is 6. The van der Waals surface area contributed by atoms with Gasteiger partial charge in [-0.3, -0.25) is 0 Å². The van der Waals surface area contributed by atoms with Crippen molar-refractivity contribution in [2.24, 2.45) is 0 Å². The summed E-state index contributed by atoms with van der Waals surface area (Å²) in [4.78, 5) is 17.0. The van der Waals surface area contributed by atoms with E-state index >= 15 is 0 Å². The fourth-order valence-electron chi connectivity index (χ4n) is 0.602. The standard InChI is InChI=1S/C6H9N3.3C2H4.2Na.HO3P/c7-4-2-1-3-5(8)6(4)9;3*1-2;;;1-4(2)3/h1-3H,7-9H2;3*1-2H2;;;(H,1,2,3)/q;;;;2*+1;/p-1. The van der Waals surface area contributed by atoms with Gasteiger partial charge < -0.3 is 27.0 Å². The van der Waals surface area contributed by atoms with Crippen molar-refractivity contribution in [1.82, 2.24) is 0 Å². The molecule has 0 atom stereocenters. The Morgan fingerprint density at radius 3 is 1.14 bits per heavy atom. The van der Waals surface area contributed by atoms with E-state index in [1.807, 2.05) is 0 Å². The molecule has 0 amide bonds. The zero-order chi connectivity index (χ0) is 16.4. The maximum Gasteiger partial charge on any atom is 1.00 e. The van der Waals surface area contributed by atoms with Crippen LogP contribution in [0.1, 0.15) is 0 Å². The van der Waals surface area contributed by atoms with Crippen molar-refractivity contribution in [3.8, 4) is 0 Å². The van der Waals surface area contributed by atoms with Crippen LogP contribution in [0.25, 0.3) is 0 Å². The summed E-state index contributed by atoms with van der Waals surface area (Å²) >= 11 is 0. The molecule has 21 heavy (non-hydrogen) atoms.